The molecule has 0 bridgehead atoms. The number of anilines is 2. The smallest absolute Gasteiger partial charge is 0.238 e. The van der Waals surface area contributed by atoms with E-state index in [2.05, 4.69) is 32.5 Å². The maximum Gasteiger partial charge on any atom is 0.238 e. The molecule has 1 aromatic heterocycles. The molecule has 0 atom stereocenters. The van der Waals surface area contributed by atoms with E-state index in [1.54, 1.807) is 0 Å². The summed E-state index contributed by atoms with van der Waals surface area (Å²) in [6, 6.07) is 6.01. The highest BCUT2D eigenvalue weighted by Gasteiger charge is 2.29. The Morgan fingerprint density at radius 1 is 1.23 bits per heavy atom. The van der Waals surface area contributed by atoms with Gasteiger partial charge in [0.1, 0.15) is 5.82 Å². The van der Waals surface area contributed by atoms with Crippen LogP contribution in [0.15, 0.2) is 18.2 Å². The summed E-state index contributed by atoms with van der Waals surface area (Å²) in [6.07, 6.45) is 2.47. The third-order valence-electron chi connectivity index (χ3n) is 5.26. The Morgan fingerprint density at radius 2 is 2.00 bits per heavy atom. The molecule has 1 saturated heterocycles. The van der Waals surface area contributed by atoms with Crippen molar-refractivity contribution in [1.29, 1.82) is 0 Å². The lowest BCUT2D eigenvalue weighted by molar-refractivity contribution is -0.117. The quantitative estimate of drug-likeness (QED) is 0.876. The van der Waals surface area contributed by atoms with Crippen LogP contribution < -0.4 is 10.2 Å². The molecule has 6 nitrogen and oxygen atoms in total. The first-order valence-corrected chi connectivity index (χ1v) is 10.0. The second-order valence-electron chi connectivity index (χ2n) is 7.27. The Hall–Kier alpha value is -1.99. The number of nitrogens with zero attached hydrogens (tertiary/aromatic N) is 4. The SMILES string of the molecule is Cc1cccc(NC(=O)CN2CCN(c3nc(C4CC4)ns3)CC2)c1C. The van der Waals surface area contributed by atoms with Crippen LogP contribution in [-0.2, 0) is 4.79 Å². The Morgan fingerprint density at radius 3 is 2.73 bits per heavy atom. The van der Waals surface area contributed by atoms with E-state index in [1.165, 1.54) is 29.9 Å². The first-order chi connectivity index (χ1) is 12.6. The summed E-state index contributed by atoms with van der Waals surface area (Å²) in [5, 5.41) is 4.08. The average Bonchev–Trinajstić information content (AvgIpc) is 3.37. The van der Waals surface area contributed by atoms with Gasteiger partial charge in [-0.05, 0) is 43.9 Å². The predicted octanol–water partition coefficient (Wildman–Crippen LogP) is 2.79. The van der Waals surface area contributed by atoms with E-state index in [0.29, 0.717) is 12.5 Å². The number of aryl methyl sites for hydroxylation is 1. The Bertz CT molecular complexity index is 793. The summed E-state index contributed by atoms with van der Waals surface area (Å²) in [5.41, 5.74) is 3.24. The van der Waals surface area contributed by atoms with Crippen molar-refractivity contribution >= 4 is 28.3 Å². The molecule has 138 valence electrons. The molecule has 1 aliphatic heterocycles. The van der Waals surface area contributed by atoms with Crippen molar-refractivity contribution in [2.45, 2.75) is 32.6 Å². The van der Waals surface area contributed by atoms with Crippen LogP contribution in [0.4, 0.5) is 10.8 Å². The third kappa shape index (κ3) is 3.88. The molecule has 0 radical (unpaired) electrons. The summed E-state index contributed by atoms with van der Waals surface area (Å²) in [7, 11) is 0. The van der Waals surface area contributed by atoms with Gasteiger partial charge in [0.05, 0.1) is 6.54 Å². The van der Waals surface area contributed by atoms with Gasteiger partial charge < -0.3 is 10.2 Å². The summed E-state index contributed by atoms with van der Waals surface area (Å²) >= 11 is 1.51. The molecule has 7 heteroatoms. The van der Waals surface area contributed by atoms with Crippen LogP contribution >= 0.6 is 11.5 Å². The normalized spacial score (nSPS) is 18.2. The number of carbonyl (C=O) groups excluding carboxylic acids is 1. The molecule has 2 heterocycles. The van der Waals surface area contributed by atoms with Gasteiger partial charge in [-0.2, -0.15) is 4.37 Å². The minimum Gasteiger partial charge on any atom is -0.344 e. The van der Waals surface area contributed by atoms with Crippen LogP contribution in [0.3, 0.4) is 0 Å². The van der Waals surface area contributed by atoms with Gasteiger partial charge >= 0.3 is 0 Å². The molecule has 1 N–H and O–H groups in total. The summed E-state index contributed by atoms with van der Waals surface area (Å²) in [5.74, 6) is 1.69. The maximum absolute atomic E-state index is 12.4. The molecule has 1 aliphatic carbocycles. The molecule has 4 rings (SSSR count). The largest absolute Gasteiger partial charge is 0.344 e. The van der Waals surface area contributed by atoms with Gasteiger partial charge in [0.25, 0.3) is 0 Å². The minimum atomic E-state index is 0.0547. The summed E-state index contributed by atoms with van der Waals surface area (Å²) in [4.78, 5) is 21.6. The number of hydrogen-bond acceptors (Lipinski definition) is 6. The second kappa shape index (κ2) is 7.32. The van der Waals surface area contributed by atoms with E-state index in [1.807, 2.05) is 19.1 Å². The van der Waals surface area contributed by atoms with Crippen LogP contribution in [0, 0.1) is 13.8 Å². The van der Waals surface area contributed by atoms with E-state index in [0.717, 1.165) is 48.4 Å². The van der Waals surface area contributed by atoms with Crippen molar-refractivity contribution in [1.82, 2.24) is 14.3 Å². The van der Waals surface area contributed by atoms with Crippen molar-refractivity contribution in [2.75, 3.05) is 42.9 Å². The molecule has 2 fully saturated rings. The van der Waals surface area contributed by atoms with Gasteiger partial charge in [0, 0.05) is 49.3 Å². The standard InChI is InChI=1S/C19H25N5OS/c1-13-4-3-5-16(14(13)2)20-17(25)12-23-8-10-24(11-9-23)19-21-18(22-26-19)15-6-7-15/h3-5,15H,6-12H2,1-2H3,(H,20,25). The number of hydrogen-bond donors (Lipinski definition) is 1. The molecule has 1 aromatic carbocycles. The van der Waals surface area contributed by atoms with Crippen LogP contribution in [0.25, 0.3) is 0 Å². The second-order valence-corrected chi connectivity index (χ2v) is 8.00. The van der Waals surface area contributed by atoms with Crippen LogP contribution in [-0.4, -0.2) is 52.9 Å². The van der Waals surface area contributed by atoms with E-state index in [4.69, 9.17) is 4.98 Å². The first-order valence-electron chi connectivity index (χ1n) is 9.27. The number of rotatable bonds is 5. The van der Waals surface area contributed by atoms with E-state index < -0.39 is 0 Å². The van der Waals surface area contributed by atoms with Crippen molar-refractivity contribution in [2.24, 2.45) is 0 Å². The number of benzene rings is 1. The van der Waals surface area contributed by atoms with Crippen LogP contribution in [0.2, 0.25) is 0 Å². The van der Waals surface area contributed by atoms with Gasteiger partial charge in [-0.25, -0.2) is 4.98 Å². The number of nitrogens with one attached hydrogen (secondary N) is 1. The Kier molecular flexibility index (Phi) is 4.91. The van der Waals surface area contributed by atoms with Gasteiger partial charge in [0.15, 0.2) is 0 Å². The van der Waals surface area contributed by atoms with E-state index in [9.17, 15) is 4.79 Å². The molecule has 1 saturated carbocycles. The topological polar surface area (TPSA) is 61.4 Å². The molecule has 26 heavy (non-hydrogen) atoms. The van der Waals surface area contributed by atoms with Gasteiger partial charge in [0.2, 0.25) is 11.0 Å². The summed E-state index contributed by atoms with van der Waals surface area (Å²) < 4.78 is 4.49. The fourth-order valence-electron chi connectivity index (χ4n) is 3.24. The van der Waals surface area contributed by atoms with Gasteiger partial charge in [-0.1, -0.05) is 12.1 Å². The Balaban J connectivity index is 1.27. The van der Waals surface area contributed by atoms with Crippen LogP contribution in [0.1, 0.15) is 35.7 Å². The monoisotopic (exact) mass is 371 g/mol. The highest BCUT2D eigenvalue weighted by Crippen LogP contribution is 2.39. The van der Waals surface area contributed by atoms with Gasteiger partial charge in [-0.3, -0.25) is 9.69 Å². The van der Waals surface area contributed by atoms with Crippen LogP contribution in [0.5, 0.6) is 0 Å². The van der Waals surface area contributed by atoms with E-state index in [-0.39, 0.29) is 5.91 Å². The maximum atomic E-state index is 12.4. The fraction of sp³-hybridized carbons (Fsp3) is 0.526. The molecule has 0 unspecified atom stereocenters. The van der Waals surface area contributed by atoms with Crippen molar-refractivity contribution in [3.8, 4) is 0 Å². The molecule has 1 amide bonds. The number of carbonyl (C=O) groups is 1. The highest BCUT2D eigenvalue weighted by atomic mass is 32.1. The average molecular weight is 372 g/mol. The molecular weight excluding hydrogens is 346 g/mol. The third-order valence-corrected chi connectivity index (χ3v) is 6.05. The minimum absolute atomic E-state index is 0.0547. The highest BCUT2D eigenvalue weighted by molar-refractivity contribution is 7.09. The fourth-order valence-corrected chi connectivity index (χ4v) is 4.04. The number of piperazine rings is 1. The zero-order chi connectivity index (χ0) is 18.1. The number of aromatic nitrogens is 2. The van der Waals surface area contributed by atoms with Crippen molar-refractivity contribution in [3.63, 3.8) is 0 Å². The molecule has 2 aromatic rings. The lowest BCUT2D eigenvalue weighted by Crippen LogP contribution is -2.48. The number of amides is 1. The Labute approximate surface area is 158 Å². The lowest BCUT2D eigenvalue weighted by Gasteiger charge is -2.33. The molecular formula is C19H25N5OS. The predicted molar refractivity (Wildman–Crippen MR) is 105 cm³/mol. The summed E-state index contributed by atoms with van der Waals surface area (Å²) in [6.45, 7) is 8.09. The zero-order valence-electron chi connectivity index (χ0n) is 15.4. The first kappa shape index (κ1) is 17.4. The molecule has 2 aliphatic rings. The van der Waals surface area contributed by atoms with E-state index >= 15 is 0 Å². The van der Waals surface area contributed by atoms with Crippen molar-refractivity contribution < 1.29 is 4.79 Å². The van der Waals surface area contributed by atoms with Gasteiger partial charge in [-0.15, -0.1) is 0 Å². The zero-order valence-corrected chi connectivity index (χ0v) is 16.2. The van der Waals surface area contributed by atoms with Crippen molar-refractivity contribution in [3.05, 3.63) is 35.2 Å². The lowest BCUT2D eigenvalue weighted by atomic mass is 10.1. The molecule has 0 spiro atoms.